The molecule has 2 fully saturated rings. The van der Waals surface area contributed by atoms with Gasteiger partial charge in [-0.05, 0) is 43.7 Å². The number of ether oxygens (including phenoxy) is 3. The van der Waals surface area contributed by atoms with Crippen LogP contribution in [0.3, 0.4) is 0 Å². The van der Waals surface area contributed by atoms with Gasteiger partial charge < -0.3 is 18.6 Å². The first-order valence-electron chi connectivity index (χ1n) is 11.8. The summed E-state index contributed by atoms with van der Waals surface area (Å²) in [5.74, 6) is -0.0983. The minimum Gasteiger partial charge on any atom is -0.457 e. The molecular formula is C28H25NO6S2. The number of nitrogens with zero attached hydrogens (tertiary/aromatic N) is 1. The zero-order valence-electron chi connectivity index (χ0n) is 20.3. The largest absolute Gasteiger partial charge is 0.457 e. The Morgan fingerprint density at radius 3 is 2.49 bits per heavy atom. The minimum atomic E-state index is -0.667. The van der Waals surface area contributed by atoms with Gasteiger partial charge in [-0.15, -0.1) is 0 Å². The Labute approximate surface area is 224 Å². The van der Waals surface area contributed by atoms with Crippen molar-refractivity contribution in [2.24, 2.45) is 0 Å². The average molecular weight is 536 g/mol. The van der Waals surface area contributed by atoms with Crippen molar-refractivity contribution in [3.05, 3.63) is 88.5 Å². The zero-order valence-corrected chi connectivity index (χ0v) is 22.0. The summed E-state index contributed by atoms with van der Waals surface area (Å²) < 4.78 is 23.0. The molecule has 1 amide bonds. The van der Waals surface area contributed by atoms with Gasteiger partial charge in [0.05, 0.1) is 30.2 Å². The predicted octanol–water partition coefficient (Wildman–Crippen LogP) is 5.66. The molecule has 3 heterocycles. The van der Waals surface area contributed by atoms with Crippen molar-refractivity contribution in [3.8, 4) is 11.3 Å². The summed E-state index contributed by atoms with van der Waals surface area (Å²) in [5, 5.41) is 0. The number of rotatable bonds is 6. The summed E-state index contributed by atoms with van der Waals surface area (Å²) >= 11 is 6.69. The Kier molecular flexibility index (Phi) is 7.30. The van der Waals surface area contributed by atoms with E-state index in [0.29, 0.717) is 32.9 Å². The van der Waals surface area contributed by atoms with Crippen LogP contribution in [0.15, 0.2) is 76.1 Å². The van der Waals surface area contributed by atoms with E-state index in [2.05, 4.69) is 0 Å². The van der Waals surface area contributed by atoms with Crippen molar-refractivity contribution < 1.29 is 28.2 Å². The van der Waals surface area contributed by atoms with Crippen LogP contribution in [0.4, 0.5) is 0 Å². The quantitative estimate of drug-likeness (QED) is 0.227. The molecule has 0 bridgehead atoms. The summed E-state index contributed by atoms with van der Waals surface area (Å²) in [4.78, 5) is 27.5. The first kappa shape index (κ1) is 25.4. The SMILES string of the molecule is CC1(C)OCC(OC(=O)c2ccc(-c3ccc(/C=C4/SC(=S)N(Cc5ccccc5)C4=O)o3)cc2)CO1. The fourth-order valence-electron chi connectivity index (χ4n) is 3.85. The van der Waals surface area contributed by atoms with Crippen LogP contribution in [0.1, 0.15) is 35.5 Å². The van der Waals surface area contributed by atoms with Crippen LogP contribution in [-0.4, -0.2) is 46.2 Å². The van der Waals surface area contributed by atoms with Crippen LogP contribution in [-0.2, 0) is 25.5 Å². The van der Waals surface area contributed by atoms with E-state index in [1.54, 1.807) is 41.3 Å². The molecule has 7 nitrogen and oxygen atoms in total. The Morgan fingerprint density at radius 2 is 1.78 bits per heavy atom. The van der Waals surface area contributed by atoms with E-state index in [4.69, 9.17) is 30.8 Å². The predicted molar refractivity (Wildman–Crippen MR) is 144 cm³/mol. The lowest BCUT2D eigenvalue weighted by Gasteiger charge is -2.34. The highest BCUT2D eigenvalue weighted by atomic mass is 32.2. The summed E-state index contributed by atoms with van der Waals surface area (Å²) in [6.07, 6.45) is 1.25. The fourth-order valence-corrected chi connectivity index (χ4v) is 5.09. The zero-order chi connectivity index (χ0) is 26.0. The fraction of sp³-hybridized carbons (Fsp3) is 0.250. The molecule has 9 heteroatoms. The molecule has 2 aromatic carbocycles. The van der Waals surface area contributed by atoms with Crippen LogP contribution in [0, 0.1) is 0 Å². The minimum absolute atomic E-state index is 0.142. The molecular weight excluding hydrogens is 510 g/mol. The van der Waals surface area contributed by atoms with E-state index in [1.165, 1.54) is 11.8 Å². The molecule has 0 aliphatic carbocycles. The van der Waals surface area contributed by atoms with E-state index < -0.39 is 17.9 Å². The average Bonchev–Trinajstić information content (AvgIpc) is 3.46. The molecule has 0 unspecified atom stereocenters. The molecule has 0 spiro atoms. The van der Waals surface area contributed by atoms with Gasteiger partial charge in [-0.1, -0.05) is 66.4 Å². The maximum atomic E-state index is 12.9. The van der Waals surface area contributed by atoms with Gasteiger partial charge in [0.1, 0.15) is 21.9 Å². The van der Waals surface area contributed by atoms with Gasteiger partial charge in [0.15, 0.2) is 5.79 Å². The number of hydrogen-bond acceptors (Lipinski definition) is 8. The lowest BCUT2D eigenvalue weighted by Crippen LogP contribution is -2.43. The van der Waals surface area contributed by atoms with Crippen LogP contribution < -0.4 is 0 Å². The third-order valence-electron chi connectivity index (χ3n) is 5.87. The van der Waals surface area contributed by atoms with Gasteiger partial charge in [-0.3, -0.25) is 9.69 Å². The summed E-state index contributed by atoms with van der Waals surface area (Å²) in [6.45, 7) is 4.65. The van der Waals surface area contributed by atoms with E-state index in [-0.39, 0.29) is 19.1 Å². The molecule has 5 rings (SSSR count). The first-order chi connectivity index (χ1) is 17.8. The smallest absolute Gasteiger partial charge is 0.338 e. The maximum Gasteiger partial charge on any atom is 0.338 e. The Bertz CT molecular complexity index is 1340. The Balaban J connectivity index is 1.22. The van der Waals surface area contributed by atoms with Crippen LogP contribution in [0.5, 0.6) is 0 Å². The number of benzene rings is 2. The Hall–Kier alpha value is -3.24. The highest BCUT2D eigenvalue weighted by molar-refractivity contribution is 8.26. The molecule has 2 saturated heterocycles. The molecule has 2 aliphatic heterocycles. The lowest BCUT2D eigenvalue weighted by molar-refractivity contribution is -0.272. The number of carbonyl (C=O) groups excluding carboxylic acids is 2. The maximum absolute atomic E-state index is 12.9. The normalized spacial score (nSPS) is 19.0. The second kappa shape index (κ2) is 10.6. The molecule has 0 atom stereocenters. The van der Waals surface area contributed by atoms with Crippen molar-refractivity contribution in [3.63, 3.8) is 0 Å². The third-order valence-corrected chi connectivity index (χ3v) is 7.25. The van der Waals surface area contributed by atoms with E-state index in [1.807, 2.05) is 50.2 Å². The number of amides is 1. The van der Waals surface area contributed by atoms with Crippen molar-refractivity contribution in [2.45, 2.75) is 32.3 Å². The van der Waals surface area contributed by atoms with Gasteiger partial charge >= 0.3 is 5.97 Å². The Morgan fingerprint density at radius 1 is 1.08 bits per heavy atom. The highest BCUT2D eigenvalue weighted by Gasteiger charge is 2.32. The standard InChI is InChI=1S/C28H25NO6S2/c1-28(2)32-16-22(17-33-28)35-26(31)20-10-8-19(9-11-20)23-13-12-21(34-23)14-24-25(30)29(27(36)37-24)15-18-6-4-3-5-7-18/h3-14,22H,15-17H2,1-2H3/b24-14+. The van der Waals surface area contributed by atoms with E-state index in [0.717, 1.165) is 11.1 Å². The molecule has 0 radical (unpaired) electrons. The molecule has 2 aliphatic rings. The van der Waals surface area contributed by atoms with Gasteiger partial charge in [0, 0.05) is 11.6 Å². The number of hydrogen-bond donors (Lipinski definition) is 0. The molecule has 0 saturated carbocycles. The van der Waals surface area contributed by atoms with Crippen molar-refractivity contribution >= 4 is 46.3 Å². The van der Waals surface area contributed by atoms with Crippen LogP contribution >= 0.6 is 24.0 Å². The summed E-state index contributed by atoms with van der Waals surface area (Å²) in [7, 11) is 0. The lowest BCUT2D eigenvalue weighted by atomic mass is 10.1. The van der Waals surface area contributed by atoms with Gasteiger partial charge in [-0.2, -0.15) is 0 Å². The molecule has 190 valence electrons. The second-order valence-electron chi connectivity index (χ2n) is 9.08. The number of thiocarbonyl (C=S) groups is 1. The number of furan rings is 1. The third kappa shape index (κ3) is 6.02. The van der Waals surface area contributed by atoms with Crippen molar-refractivity contribution in [2.75, 3.05) is 13.2 Å². The molecule has 0 N–H and O–H groups in total. The summed E-state index contributed by atoms with van der Waals surface area (Å²) in [5.41, 5.74) is 2.22. The number of esters is 1. The topological polar surface area (TPSA) is 78.2 Å². The molecule has 1 aromatic heterocycles. The van der Waals surface area contributed by atoms with Crippen molar-refractivity contribution in [1.29, 1.82) is 0 Å². The summed E-state index contributed by atoms with van der Waals surface area (Å²) in [6, 6.07) is 20.3. The second-order valence-corrected chi connectivity index (χ2v) is 10.8. The van der Waals surface area contributed by atoms with Gasteiger partial charge in [-0.25, -0.2) is 4.79 Å². The molecule has 3 aromatic rings. The van der Waals surface area contributed by atoms with Gasteiger partial charge in [0.25, 0.3) is 5.91 Å². The molecule has 37 heavy (non-hydrogen) atoms. The number of carbonyl (C=O) groups is 2. The first-order valence-corrected chi connectivity index (χ1v) is 13.0. The van der Waals surface area contributed by atoms with Gasteiger partial charge in [0.2, 0.25) is 0 Å². The number of thioether (sulfide) groups is 1. The van der Waals surface area contributed by atoms with E-state index in [9.17, 15) is 9.59 Å². The van der Waals surface area contributed by atoms with Crippen LogP contribution in [0.2, 0.25) is 0 Å². The van der Waals surface area contributed by atoms with Crippen molar-refractivity contribution in [1.82, 2.24) is 4.90 Å². The van der Waals surface area contributed by atoms with E-state index >= 15 is 0 Å². The monoisotopic (exact) mass is 535 g/mol. The highest BCUT2D eigenvalue weighted by Crippen LogP contribution is 2.34. The van der Waals surface area contributed by atoms with Crippen LogP contribution in [0.25, 0.3) is 17.4 Å².